The van der Waals surface area contributed by atoms with Gasteiger partial charge in [0, 0.05) is 0 Å². The highest BCUT2D eigenvalue weighted by Crippen LogP contribution is 2.32. The van der Waals surface area contributed by atoms with Gasteiger partial charge in [0.15, 0.2) is 11.5 Å². The first-order valence-corrected chi connectivity index (χ1v) is 8.19. The fourth-order valence-electron chi connectivity index (χ4n) is 2.63. The van der Waals surface area contributed by atoms with Gasteiger partial charge < -0.3 is 39.7 Å². The normalized spacial score (nSPS) is 30.8. The van der Waals surface area contributed by atoms with Gasteiger partial charge in [0.2, 0.25) is 6.29 Å². The smallest absolute Gasteiger partial charge is 0.229 e. The van der Waals surface area contributed by atoms with Crippen LogP contribution in [0.4, 0.5) is 0 Å². The van der Waals surface area contributed by atoms with Gasteiger partial charge in [-0.1, -0.05) is 6.07 Å². The van der Waals surface area contributed by atoms with Crippen molar-refractivity contribution in [1.29, 1.82) is 0 Å². The first-order valence-electron chi connectivity index (χ1n) is 8.19. The molecule has 0 spiro atoms. The second-order valence-corrected chi connectivity index (χ2v) is 6.19. The monoisotopic (exact) mass is 358 g/mol. The summed E-state index contributed by atoms with van der Waals surface area (Å²) in [6.07, 6.45) is -5.89. The third-order valence-electron chi connectivity index (χ3n) is 4.17. The predicted molar refractivity (Wildman–Crippen MR) is 87.4 cm³/mol. The summed E-state index contributed by atoms with van der Waals surface area (Å²) in [6, 6.07) is 5.18. The molecule has 2 rings (SSSR count). The number of hydrogen-bond acceptors (Lipinski definition) is 8. The van der Waals surface area contributed by atoms with Crippen molar-refractivity contribution in [2.24, 2.45) is 0 Å². The Labute approximate surface area is 146 Å². The van der Waals surface area contributed by atoms with Crippen LogP contribution in [-0.4, -0.2) is 76.1 Å². The highest BCUT2D eigenvalue weighted by molar-refractivity contribution is 5.43. The van der Waals surface area contributed by atoms with E-state index in [4.69, 9.17) is 14.2 Å². The van der Waals surface area contributed by atoms with E-state index in [-0.39, 0.29) is 5.75 Å². The molecule has 0 aromatic heterocycles. The van der Waals surface area contributed by atoms with Crippen LogP contribution in [0.5, 0.6) is 11.5 Å². The number of ether oxygens (including phenoxy) is 3. The van der Waals surface area contributed by atoms with Crippen LogP contribution in [0, 0.1) is 0 Å². The summed E-state index contributed by atoms with van der Waals surface area (Å²) < 4.78 is 16.2. The Balaban J connectivity index is 2.12. The molecule has 0 unspecified atom stereocenters. The van der Waals surface area contributed by atoms with Crippen LogP contribution in [-0.2, 0) is 11.2 Å². The van der Waals surface area contributed by atoms with Crippen LogP contribution >= 0.6 is 0 Å². The van der Waals surface area contributed by atoms with E-state index in [0.29, 0.717) is 18.6 Å². The molecule has 1 aromatic rings. The molecule has 8 heteroatoms. The molecule has 142 valence electrons. The lowest BCUT2D eigenvalue weighted by Crippen LogP contribution is -2.60. The lowest BCUT2D eigenvalue weighted by atomic mass is 9.99. The summed E-state index contributed by atoms with van der Waals surface area (Å²) in [5.74, 6) is 0.688. The van der Waals surface area contributed by atoms with Crippen molar-refractivity contribution < 1.29 is 39.7 Å². The fourth-order valence-corrected chi connectivity index (χ4v) is 2.63. The molecule has 5 N–H and O–H groups in total. The summed E-state index contributed by atoms with van der Waals surface area (Å²) >= 11 is 0. The minimum absolute atomic E-state index is 0.285. The predicted octanol–water partition coefficient (Wildman–Crippen LogP) is -0.813. The van der Waals surface area contributed by atoms with Crippen molar-refractivity contribution in [1.82, 2.24) is 0 Å². The van der Waals surface area contributed by atoms with Crippen molar-refractivity contribution >= 4 is 0 Å². The number of hydrogen-bond donors (Lipinski definition) is 5. The molecular weight excluding hydrogens is 332 g/mol. The average molecular weight is 358 g/mol. The van der Waals surface area contributed by atoms with E-state index in [1.807, 2.05) is 0 Å². The average Bonchev–Trinajstić information content (AvgIpc) is 2.60. The molecule has 0 amide bonds. The summed E-state index contributed by atoms with van der Waals surface area (Å²) in [7, 11) is 1.47. The molecule has 1 heterocycles. The lowest BCUT2D eigenvalue weighted by Gasteiger charge is -2.39. The van der Waals surface area contributed by atoms with Gasteiger partial charge in [0.25, 0.3) is 0 Å². The zero-order valence-electron chi connectivity index (χ0n) is 14.3. The first kappa shape index (κ1) is 19.9. The zero-order chi connectivity index (χ0) is 18.6. The van der Waals surface area contributed by atoms with Gasteiger partial charge in [-0.2, -0.15) is 0 Å². The maximum Gasteiger partial charge on any atom is 0.229 e. The van der Waals surface area contributed by atoms with E-state index in [9.17, 15) is 25.5 Å². The fraction of sp³-hybridized carbons (Fsp3) is 0.647. The Morgan fingerprint density at radius 2 is 1.84 bits per heavy atom. The molecule has 25 heavy (non-hydrogen) atoms. The van der Waals surface area contributed by atoms with Crippen molar-refractivity contribution in [3.63, 3.8) is 0 Å². The molecule has 1 aliphatic heterocycles. The summed E-state index contributed by atoms with van der Waals surface area (Å²) in [5.41, 5.74) is 0.943. The number of methoxy groups -OCH3 is 1. The lowest BCUT2D eigenvalue weighted by molar-refractivity contribution is -0.277. The number of rotatable bonds is 7. The third-order valence-corrected chi connectivity index (χ3v) is 4.17. The number of aliphatic hydroxyl groups is 5. The van der Waals surface area contributed by atoms with Gasteiger partial charge in [-0.05, 0) is 37.5 Å². The largest absolute Gasteiger partial charge is 0.493 e. The molecule has 6 atom stereocenters. The van der Waals surface area contributed by atoms with Gasteiger partial charge in [-0.3, -0.25) is 0 Å². The van der Waals surface area contributed by atoms with E-state index in [2.05, 4.69) is 0 Å². The quantitative estimate of drug-likeness (QED) is 0.428. The van der Waals surface area contributed by atoms with Crippen LogP contribution in [0.1, 0.15) is 18.9 Å². The van der Waals surface area contributed by atoms with Crippen LogP contribution in [0.2, 0.25) is 0 Å². The van der Waals surface area contributed by atoms with Crippen molar-refractivity contribution in [2.45, 2.75) is 56.6 Å². The van der Waals surface area contributed by atoms with Gasteiger partial charge in [-0.15, -0.1) is 0 Å². The van der Waals surface area contributed by atoms with Crippen LogP contribution in [0.3, 0.4) is 0 Å². The summed E-state index contributed by atoms with van der Waals surface area (Å²) in [5, 5.41) is 48.2. The molecule has 1 saturated heterocycles. The Morgan fingerprint density at radius 1 is 1.12 bits per heavy atom. The zero-order valence-corrected chi connectivity index (χ0v) is 14.3. The van der Waals surface area contributed by atoms with Crippen molar-refractivity contribution in [3.05, 3.63) is 23.8 Å². The van der Waals surface area contributed by atoms with E-state index >= 15 is 0 Å². The first-order chi connectivity index (χ1) is 11.9. The number of aryl methyl sites for hydroxylation is 1. The molecule has 0 saturated carbocycles. The molecule has 0 bridgehead atoms. The summed E-state index contributed by atoms with van der Waals surface area (Å²) in [4.78, 5) is 0. The Bertz CT molecular complexity index is 547. The molecule has 1 aromatic carbocycles. The topological polar surface area (TPSA) is 129 Å². The van der Waals surface area contributed by atoms with E-state index < -0.39 is 43.4 Å². The Kier molecular flexibility index (Phi) is 7.00. The third kappa shape index (κ3) is 4.81. The van der Waals surface area contributed by atoms with Crippen LogP contribution in [0.25, 0.3) is 0 Å². The van der Waals surface area contributed by atoms with E-state index in [1.54, 1.807) is 25.1 Å². The Hall–Kier alpha value is -1.42. The van der Waals surface area contributed by atoms with Gasteiger partial charge >= 0.3 is 0 Å². The SMILES string of the molecule is COc1cc(CC[C@H](C)O)ccc1O[C@@H]1O[C@H](CO)[C@@H](O)[C@H](O)[C@H]1O. The highest BCUT2D eigenvalue weighted by Gasteiger charge is 2.44. The van der Waals surface area contributed by atoms with Crippen LogP contribution in [0.15, 0.2) is 18.2 Å². The van der Waals surface area contributed by atoms with Crippen molar-refractivity contribution in [2.75, 3.05) is 13.7 Å². The maximum absolute atomic E-state index is 10.0. The molecular formula is C17H26O8. The Morgan fingerprint density at radius 3 is 2.44 bits per heavy atom. The van der Waals surface area contributed by atoms with Crippen molar-refractivity contribution in [3.8, 4) is 11.5 Å². The number of benzene rings is 1. The molecule has 8 nitrogen and oxygen atoms in total. The van der Waals surface area contributed by atoms with Crippen LogP contribution < -0.4 is 9.47 Å². The minimum atomic E-state index is -1.51. The van der Waals surface area contributed by atoms with Gasteiger partial charge in [0.1, 0.15) is 24.4 Å². The summed E-state index contributed by atoms with van der Waals surface area (Å²) in [6.45, 7) is 1.19. The molecule has 0 radical (unpaired) electrons. The second-order valence-electron chi connectivity index (χ2n) is 6.19. The highest BCUT2D eigenvalue weighted by atomic mass is 16.7. The number of aliphatic hydroxyl groups excluding tert-OH is 5. The second kappa shape index (κ2) is 8.79. The maximum atomic E-state index is 10.0. The minimum Gasteiger partial charge on any atom is -0.493 e. The molecule has 1 aliphatic rings. The van der Waals surface area contributed by atoms with Gasteiger partial charge in [0.05, 0.1) is 19.8 Å². The molecule has 1 fully saturated rings. The standard InChI is InChI=1S/C17H26O8/c1-9(19)3-4-10-5-6-11(12(7-10)23-2)24-17-16(22)15(21)14(20)13(8-18)25-17/h5-7,9,13-22H,3-4,8H2,1-2H3/t9-,13+,14+,15-,16+,17+/m0/s1. The van der Waals surface area contributed by atoms with Gasteiger partial charge in [-0.25, -0.2) is 0 Å². The van der Waals surface area contributed by atoms with E-state index in [1.165, 1.54) is 7.11 Å². The van der Waals surface area contributed by atoms with E-state index in [0.717, 1.165) is 5.56 Å². The molecule has 0 aliphatic carbocycles.